The molecule has 0 aromatic rings. The average Bonchev–Trinajstić information content (AvgIpc) is 1.25. The molecule has 0 saturated carbocycles. The maximum atomic E-state index is 8.25. The number of hydrogen-bond donors (Lipinski definition) is 1. The summed E-state index contributed by atoms with van der Waals surface area (Å²) in [6.45, 7) is 0. The minimum atomic E-state index is -1.75. The Labute approximate surface area is 64.9 Å². The van der Waals surface area contributed by atoms with E-state index in [-0.39, 0.29) is 23.2 Å². The fourth-order valence-corrected chi connectivity index (χ4v) is 0. The van der Waals surface area contributed by atoms with E-state index in [2.05, 4.69) is 0 Å². The summed E-state index contributed by atoms with van der Waals surface area (Å²) in [7, 11) is 0. The molecule has 0 fully saturated rings. The summed E-state index contributed by atoms with van der Waals surface area (Å²) in [6, 6.07) is 0. The number of nitrogens with zero attached hydrogens (tertiary/aromatic N) is 2. The molecule has 0 amide bonds. The molecule has 10 heteroatoms. The van der Waals surface area contributed by atoms with Crippen molar-refractivity contribution in [3.05, 3.63) is 30.6 Å². The zero-order valence-corrected chi connectivity index (χ0v) is 5.29. The summed E-state index contributed by atoms with van der Waals surface area (Å²) in [4.78, 5) is 16.5. The molecule has 0 unspecified atom stereocenters. The normalized spacial score (nSPS) is 4.80. The van der Waals surface area contributed by atoms with E-state index in [1.54, 1.807) is 0 Å². The predicted molar refractivity (Wildman–Crippen MR) is 25.7 cm³/mol. The Morgan fingerprint density at radius 2 is 0.800 bits per heavy atom. The van der Waals surface area contributed by atoms with Crippen molar-refractivity contribution in [3.63, 3.8) is 0 Å². The van der Waals surface area contributed by atoms with Gasteiger partial charge < -0.3 is 36.8 Å². The van der Waals surface area contributed by atoms with Gasteiger partial charge >= 0.3 is 17.1 Å². The summed E-state index contributed by atoms with van der Waals surface area (Å²) in [5, 5.41) is 29.5. The van der Waals surface area contributed by atoms with Crippen LogP contribution in [0.15, 0.2) is 0 Å². The first kappa shape index (κ1) is 23.2. The van der Waals surface area contributed by atoms with Crippen LogP contribution in [0.5, 0.6) is 0 Å². The second-order valence-electron chi connectivity index (χ2n) is 0.447. The van der Waals surface area contributed by atoms with Crippen molar-refractivity contribution in [1.82, 2.24) is 6.15 Å². The summed E-state index contributed by atoms with van der Waals surface area (Å²) in [5.41, 5.74) is 0. The van der Waals surface area contributed by atoms with Gasteiger partial charge in [0.25, 0.3) is 0 Å². The van der Waals surface area contributed by atoms with Crippen molar-refractivity contribution >= 4 is 0 Å². The molecule has 10 heavy (non-hydrogen) atoms. The van der Waals surface area contributed by atoms with Crippen molar-refractivity contribution in [1.29, 1.82) is 0 Å². The fourth-order valence-electron chi connectivity index (χ4n) is 0. The van der Waals surface area contributed by atoms with E-state index in [4.69, 9.17) is 30.6 Å². The molecule has 0 rings (SSSR count). The standard InChI is InChI=1S/Cu.2NO3.H3N/c;2*2-1(3)4;/h;;;1H3/q+2;2*-1;. The van der Waals surface area contributed by atoms with Crippen molar-refractivity contribution in [2.45, 2.75) is 0 Å². The molecule has 0 aliphatic rings. The topological polar surface area (TPSA) is 167 Å². The van der Waals surface area contributed by atoms with Gasteiger partial charge in [-0.25, -0.2) is 0 Å². The molecule has 0 saturated heterocycles. The molecule has 0 aliphatic carbocycles. The Morgan fingerprint density at radius 3 is 0.800 bits per heavy atom. The zero-order valence-electron chi connectivity index (χ0n) is 4.35. The molecule has 0 spiro atoms. The summed E-state index contributed by atoms with van der Waals surface area (Å²) < 4.78 is 0. The van der Waals surface area contributed by atoms with Crippen LogP contribution in [0.4, 0.5) is 0 Å². The third-order valence-corrected chi connectivity index (χ3v) is 0. The van der Waals surface area contributed by atoms with Crippen molar-refractivity contribution < 1.29 is 27.2 Å². The second-order valence-corrected chi connectivity index (χ2v) is 0.447. The van der Waals surface area contributed by atoms with Gasteiger partial charge in [0.15, 0.2) is 0 Å². The van der Waals surface area contributed by atoms with Crippen LogP contribution in [0.2, 0.25) is 0 Å². The third kappa shape index (κ3) is 189. The van der Waals surface area contributed by atoms with E-state index in [9.17, 15) is 0 Å². The molecule has 0 atom stereocenters. The van der Waals surface area contributed by atoms with Crippen LogP contribution in [-0.2, 0) is 17.1 Å². The summed E-state index contributed by atoms with van der Waals surface area (Å²) in [6.07, 6.45) is 0. The largest absolute Gasteiger partial charge is 2.00 e. The zero-order chi connectivity index (χ0) is 7.15. The quantitative estimate of drug-likeness (QED) is 0.320. The Kier molecular flexibility index (Phi) is 36.3. The van der Waals surface area contributed by atoms with Gasteiger partial charge in [-0.2, -0.15) is 0 Å². The molecule has 0 aromatic carbocycles. The van der Waals surface area contributed by atoms with Crippen LogP contribution in [0.1, 0.15) is 0 Å². The first-order chi connectivity index (χ1) is 3.46. The van der Waals surface area contributed by atoms with E-state index in [0.717, 1.165) is 0 Å². The summed E-state index contributed by atoms with van der Waals surface area (Å²) >= 11 is 0. The van der Waals surface area contributed by atoms with Gasteiger partial charge in [0.05, 0.1) is 10.2 Å². The molecular formula is H3CuN3O6. The third-order valence-electron chi connectivity index (χ3n) is 0. The Balaban J connectivity index is -0.0000000300. The van der Waals surface area contributed by atoms with Crippen LogP contribution < -0.4 is 6.15 Å². The maximum absolute atomic E-state index is 8.25. The number of rotatable bonds is 0. The minimum Gasteiger partial charge on any atom is -0.356 e. The molecule has 0 heterocycles. The van der Waals surface area contributed by atoms with Gasteiger partial charge in [-0.05, 0) is 0 Å². The Hall–Kier alpha value is -1.12. The van der Waals surface area contributed by atoms with E-state index in [1.165, 1.54) is 0 Å². The Bertz CT molecular complexity index is 71.0. The minimum absolute atomic E-state index is 0. The first-order valence-electron chi connectivity index (χ1n) is 1.10. The van der Waals surface area contributed by atoms with Crippen LogP contribution in [0, 0.1) is 30.6 Å². The monoisotopic (exact) mass is 204 g/mol. The first-order valence-corrected chi connectivity index (χ1v) is 1.10. The second kappa shape index (κ2) is 15.7. The van der Waals surface area contributed by atoms with Gasteiger partial charge in [-0.1, -0.05) is 0 Å². The Morgan fingerprint density at radius 1 is 0.800 bits per heavy atom. The van der Waals surface area contributed by atoms with Gasteiger partial charge in [0, 0.05) is 0 Å². The van der Waals surface area contributed by atoms with Crippen molar-refractivity contribution in [2.75, 3.05) is 0 Å². The SMILES string of the molecule is N.O=[N+]([O-])[O-].O=[N+]([O-])[O-].[Cu+2]. The molecule has 3 N–H and O–H groups in total. The van der Waals surface area contributed by atoms with Gasteiger partial charge in [-0.3, -0.25) is 0 Å². The van der Waals surface area contributed by atoms with Gasteiger partial charge in [-0.15, -0.1) is 0 Å². The van der Waals surface area contributed by atoms with E-state index in [0.29, 0.717) is 0 Å². The van der Waals surface area contributed by atoms with E-state index < -0.39 is 10.2 Å². The fraction of sp³-hybridized carbons (Fsp3) is 0. The van der Waals surface area contributed by atoms with E-state index in [1.807, 2.05) is 0 Å². The van der Waals surface area contributed by atoms with Crippen LogP contribution in [-0.4, -0.2) is 10.2 Å². The molecular weight excluding hydrogens is 202 g/mol. The van der Waals surface area contributed by atoms with Gasteiger partial charge in [0.1, 0.15) is 0 Å². The van der Waals surface area contributed by atoms with Crippen LogP contribution >= 0.6 is 0 Å². The molecule has 9 nitrogen and oxygen atoms in total. The molecule has 0 aliphatic heterocycles. The van der Waals surface area contributed by atoms with Crippen molar-refractivity contribution in [3.8, 4) is 0 Å². The van der Waals surface area contributed by atoms with Crippen LogP contribution in [0.3, 0.4) is 0 Å². The smallest absolute Gasteiger partial charge is 0.356 e. The van der Waals surface area contributed by atoms with Crippen molar-refractivity contribution in [2.24, 2.45) is 0 Å². The maximum Gasteiger partial charge on any atom is 2.00 e. The van der Waals surface area contributed by atoms with Gasteiger partial charge in [0.2, 0.25) is 0 Å². The molecule has 1 radical (unpaired) electrons. The average molecular weight is 205 g/mol. The van der Waals surface area contributed by atoms with E-state index >= 15 is 0 Å². The molecule has 0 bridgehead atoms. The molecule has 0 aromatic heterocycles. The number of hydrogen-bond acceptors (Lipinski definition) is 7. The predicted octanol–water partition coefficient (Wildman–Crippen LogP) is -0.319. The van der Waals surface area contributed by atoms with Crippen LogP contribution in [0.25, 0.3) is 0 Å². The summed E-state index contributed by atoms with van der Waals surface area (Å²) in [5.74, 6) is 0. The molecule has 65 valence electrons.